The van der Waals surface area contributed by atoms with Crippen LogP contribution in [-0.4, -0.2) is 0 Å². The van der Waals surface area contributed by atoms with Crippen LogP contribution < -0.4 is 0 Å². The Morgan fingerprint density at radius 1 is 0.444 bits per heavy atom. The number of hydrogen-bond donors (Lipinski definition) is 0. The third-order valence-corrected chi connectivity index (χ3v) is 6.40. The van der Waals surface area contributed by atoms with E-state index in [0.29, 0.717) is 0 Å². The highest BCUT2D eigenvalue weighted by atomic mass is 14.3. The molecule has 0 fully saturated rings. The van der Waals surface area contributed by atoms with E-state index in [9.17, 15) is 0 Å². The van der Waals surface area contributed by atoms with E-state index in [0.717, 1.165) is 6.42 Å². The standard InChI is InChI=1S/C27H16/c1-2-8-20-16(5-1)13-14-22-21-9-4-7-18-15-19-12-11-17-6-3-10-23(27(20)22)24(17)26(19)25(18)21/h1-14H,15H2. The topological polar surface area (TPSA) is 0 Å². The molecule has 0 saturated heterocycles. The van der Waals surface area contributed by atoms with Crippen molar-refractivity contribution in [2.75, 3.05) is 0 Å². The molecule has 0 amide bonds. The normalized spacial score (nSPS) is 13.0. The lowest BCUT2D eigenvalue weighted by molar-refractivity contribution is 1.27. The van der Waals surface area contributed by atoms with Gasteiger partial charge >= 0.3 is 0 Å². The highest BCUT2D eigenvalue weighted by molar-refractivity contribution is 6.20. The summed E-state index contributed by atoms with van der Waals surface area (Å²) in [5, 5.41) is 5.42. The maximum atomic E-state index is 2.33. The van der Waals surface area contributed by atoms with Gasteiger partial charge in [0.15, 0.2) is 0 Å². The van der Waals surface area contributed by atoms with Crippen LogP contribution in [0.15, 0.2) is 84.9 Å². The smallest absolute Gasteiger partial charge is 0.00130 e. The Bertz CT molecular complexity index is 1440. The molecule has 124 valence electrons. The summed E-state index contributed by atoms with van der Waals surface area (Å²) in [6, 6.07) is 31.7. The second-order valence-electron chi connectivity index (χ2n) is 7.73. The van der Waals surface area contributed by atoms with Gasteiger partial charge in [0, 0.05) is 0 Å². The van der Waals surface area contributed by atoms with E-state index in [1.54, 1.807) is 0 Å². The van der Waals surface area contributed by atoms with E-state index in [1.807, 2.05) is 0 Å². The summed E-state index contributed by atoms with van der Waals surface area (Å²) in [4.78, 5) is 0. The summed E-state index contributed by atoms with van der Waals surface area (Å²) in [5.74, 6) is 0. The summed E-state index contributed by atoms with van der Waals surface area (Å²) in [7, 11) is 0. The minimum Gasteiger partial charge on any atom is -0.0616 e. The zero-order valence-electron chi connectivity index (χ0n) is 14.8. The fourth-order valence-corrected chi connectivity index (χ4v) is 5.32. The second-order valence-corrected chi connectivity index (χ2v) is 7.73. The van der Waals surface area contributed by atoms with Crippen LogP contribution in [0.2, 0.25) is 0 Å². The van der Waals surface area contributed by atoms with Gasteiger partial charge in [0.25, 0.3) is 0 Å². The van der Waals surface area contributed by atoms with E-state index in [-0.39, 0.29) is 0 Å². The van der Waals surface area contributed by atoms with Gasteiger partial charge in [-0.25, -0.2) is 0 Å². The Hall–Kier alpha value is -3.38. The summed E-state index contributed by atoms with van der Waals surface area (Å²) < 4.78 is 0. The van der Waals surface area contributed by atoms with Crippen molar-refractivity contribution >= 4 is 21.5 Å². The molecule has 7 rings (SSSR count). The highest BCUT2D eigenvalue weighted by Crippen LogP contribution is 2.54. The Kier molecular flexibility index (Phi) is 2.38. The molecular weight excluding hydrogens is 324 g/mol. The Morgan fingerprint density at radius 3 is 2.19 bits per heavy atom. The predicted octanol–water partition coefficient (Wildman–Crippen LogP) is 7.21. The molecule has 5 aromatic rings. The van der Waals surface area contributed by atoms with Crippen molar-refractivity contribution in [3.05, 3.63) is 96.1 Å². The molecule has 0 nitrogen and oxygen atoms in total. The van der Waals surface area contributed by atoms with Gasteiger partial charge in [-0.1, -0.05) is 84.9 Å². The number of hydrogen-bond acceptors (Lipinski definition) is 0. The molecule has 0 aromatic heterocycles. The van der Waals surface area contributed by atoms with Crippen LogP contribution in [0, 0.1) is 0 Å². The minimum atomic E-state index is 1.05. The van der Waals surface area contributed by atoms with Crippen molar-refractivity contribution in [1.82, 2.24) is 0 Å². The molecule has 2 aliphatic rings. The van der Waals surface area contributed by atoms with Crippen molar-refractivity contribution in [1.29, 1.82) is 0 Å². The lowest BCUT2D eigenvalue weighted by Gasteiger charge is -2.15. The van der Waals surface area contributed by atoms with E-state index >= 15 is 0 Å². The van der Waals surface area contributed by atoms with Crippen molar-refractivity contribution < 1.29 is 0 Å². The zero-order valence-corrected chi connectivity index (χ0v) is 14.8. The third kappa shape index (κ3) is 1.60. The molecular formula is C27H16. The number of fused-ring (bicyclic) bond motifs is 5. The van der Waals surface area contributed by atoms with Gasteiger partial charge in [-0.15, -0.1) is 0 Å². The maximum Gasteiger partial charge on any atom is -0.00130 e. The predicted molar refractivity (Wildman–Crippen MR) is 114 cm³/mol. The molecule has 2 aliphatic carbocycles. The van der Waals surface area contributed by atoms with Gasteiger partial charge in [0.1, 0.15) is 0 Å². The molecule has 0 radical (unpaired) electrons. The Morgan fingerprint density at radius 2 is 1.19 bits per heavy atom. The highest BCUT2D eigenvalue weighted by Gasteiger charge is 2.29. The maximum absolute atomic E-state index is 2.33. The molecule has 0 bridgehead atoms. The summed E-state index contributed by atoms with van der Waals surface area (Å²) in [6.07, 6.45) is 1.05. The third-order valence-electron chi connectivity index (χ3n) is 6.40. The van der Waals surface area contributed by atoms with Gasteiger partial charge in [-0.2, -0.15) is 0 Å². The molecule has 0 spiro atoms. The first-order valence-electron chi connectivity index (χ1n) is 9.59. The largest absolute Gasteiger partial charge is 0.0616 e. The monoisotopic (exact) mass is 340 g/mol. The Balaban J connectivity index is 1.84. The molecule has 0 unspecified atom stereocenters. The first-order chi connectivity index (χ1) is 13.4. The van der Waals surface area contributed by atoms with Gasteiger partial charge in [0.05, 0.1) is 0 Å². The van der Waals surface area contributed by atoms with Crippen LogP contribution in [0.3, 0.4) is 0 Å². The van der Waals surface area contributed by atoms with Crippen LogP contribution in [0.5, 0.6) is 0 Å². The summed E-state index contributed by atoms with van der Waals surface area (Å²) in [5.41, 5.74) is 11.4. The van der Waals surface area contributed by atoms with E-state index < -0.39 is 0 Å². The van der Waals surface area contributed by atoms with Crippen LogP contribution in [0.1, 0.15) is 11.1 Å². The molecule has 0 aliphatic heterocycles. The van der Waals surface area contributed by atoms with E-state index in [1.165, 1.54) is 66.1 Å². The van der Waals surface area contributed by atoms with Crippen molar-refractivity contribution in [2.45, 2.75) is 6.42 Å². The average Bonchev–Trinajstić information content (AvgIpc) is 3.05. The van der Waals surface area contributed by atoms with Crippen LogP contribution >= 0.6 is 0 Å². The summed E-state index contributed by atoms with van der Waals surface area (Å²) in [6.45, 7) is 0. The van der Waals surface area contributed by atoms with Gasteiger partial charge in [0.2, 0.25) is 0 Å². The van der Waals surface area contributed by atoms with Crippen molar-refractivity contribution in [3.63, 3.8) is 0 Å². The molecule has 27 heavy (non-hydrogen) atoms. The van der Waals surface area contributed by atoms with E-state index in [2.05, 4.69) is 84.9 Å². The lowest BCUT2D eigenvalue weighted by Crippen LogP contribution is -1.89. The van der Waals surface area contributed by atoms with Crippen molar-refractivity contribution in [3.8, 4) is 33.4 Å². The number of rotatable bonds is 0. The molecule has 0 atom stereocenters. The molecule has 0 heteroatoms. The van der Waals surface area contributed by atoms with Crippen molar-refractivity contribution in [2.24, 2.45) is 0 Å². The van der Waals surface area contributed by atoms with Crippen LogP contribution in [-0.2, 0) is 6.42 Å². The van der Waals surface area contributed by atoms with Gasteiger partial charge in [-0.3, -0.25) is 0 Å². The SMILES string of the molecule is c1cc2c3c(c1)-c1ccc4ccccc4c1-c1cccc4ccc(c-3c14)C2. The lowest BCUT2D eigenvalue weighted by atomic mass is 9.88. The molecule has 0 saturated carbocycles. The van der Waals surface area contributed by atoms with Gasteiger partial charge in [-0.05, 0) is 72.5 Å². The van der Waals surface area contributed by atoms with Crippen LogP contribution in [0.4, 0.5) is 0 Å². The molecule has 0 N–H and O–H groups in total. The first kappa shape index (κ1) is 13.8. The minimum absolute atomic E-state index is 1.05. The zero-order chi connectivity index (χ0) is 17.5. The fraction of sp³-hybridized carbons (Fsp3) is 0.0370. The summed E-state index contributed by atoms with van der Waals surface area (Å²) >= 11 is 0. The molecule has 0 heterocycles. The number of benzene rings is 5. The second kappa shape index (κ2) is 4.66. The molecule has 5 aromatic carbocycles. The fourth-order valence-electron chi connectivity index (χ4n) is 5.32. The average molecular weight is 340 g/mol. The first-order valence-corrected chi connectivity index (χ1v) is 9.59. The van der Waals surface area contributed by atoms with Crippen LogP contribution in [0.25, 0.3) is 54.9 Å². The quantitative estimate of drug-likeness (QED) is 0.273. The Labute approximate surface area is 157 Å². The van der Waals surface area contributed by atoms with E-state index in [4.69, 9.17) is 0 Å². The van der Waals surface area contributed by atoms with Gasteiger partial charge < -0.3 is 0 Å².